The van der Waals surface area contributed by atoms with Crippen molar-refractivity contribution in [3.8, 4) is 0 Å². The number of para-hydroxylation sites is 2. The third-order valence-electron chi connectivity index (χ3n) is 4.12. The summed E-state index contributed by atoms with van der Waals surface area (Å²) in [4.78, 5) is 36.1. The van der Waals surface area contributed by atoms with Crippen LogP contribution in [0.5, 0.6) is 0 Å². The average Bonchev–Trinajstić information content (AvgIpc) is 3.21. The molecule has 1 atom stereocenters. The number of aliphatic imine (C=N–C) groups is 1. The molecule has 6 nitrogen and oxygen atoms in total. The quantitative estimate of drug-likeness (QED) is 0.658. The van der Waals surface area contributed by atoms with Crippen LogP contribution in [0.4, 0.5) is 10.1 Å². The van der Waals surface area contributed by atoms with Crippen LogP contribution in [0.15, 0.2) is 47.5 Å². The van der Waals surface area contributed by atoms with E-state index in [1.165, 1.54) is 30.0 Å². The van der Waals surface area contributed by atoms with Crippen LogP contribution < -0.4 is 5.32 Å². The summed E-state index contributed by atoms with van der Waals surface area (Å²) in [6.45, 7) is 0. The topological polar surface area (TPSA) is 87.2 Å². The van der Waals surface area contributed by atoms with Gasteiger partial charge in [-0.1, -0.05) is 35.5 Å². The molecule has 1 aliphatic heterocycles. The highest BCUT2D eigenvalue weighted by molar-refractivity contribution is 8.15. The lowest BCUT2D eigenvalue weighted by molar-refractivity contribution is -0.121. The van der Waals surface area contributed by atoms with Gasteiger partial charge in [-0.25, -0.2) is 14.4 Å². The molecule has 2 N–H and O–H groups in total. The predicted octanol–water partition coefficient (Wildman–Crippen LogP) is 3.97. The van der Waals surface area contributed by atoms with E-state index >= 15 is 0 Å². The largest absolute Gasteiger partial charge is 0.342 e. The maximum atomic E-state index is 13.2. The second-order valence-corrected chi connectivity index (χ2v) is 7.89. The van der Waals surface area contributed by atoms with E-state index in [4.69, 9.17) is 11.6 Å². The zero-order chi connectivity index (χ0) is 19.7. The molecule has 0 spiro atoms. The third kappa shape index (κ3) is 4.07. The van der Waals surface area contributed by atoms with Crippen LogP contribution in [0, 0.1) is 5.82 Å². The molecule has 0 aliphatic carbocycles. The van der Waals surface area contributed by atoms with Gasteiger partial charge in [-0.15, -0.1) is 0 Å². The Morgan fingerprint density at radius 3 is 2.89 bits per heavy atom. The standard InChI is InChI=1S/C19H14ClFN4O2S/c20-11-7-10(5-6-12(11)21)22-17(26)8-15-19(27)25-18(28-15)9-16-23-13-3-1-2-4-14(13)24-16/h1-7,15H,8-9H2,(H,22,26)(H,23,24)/t15-/m0/s1. The van der Waals surface area contributed by atoms with E-state index in [9.17, 15) is 14.0 Å². The molecule has 2 amide bonds. The number of anilines is 1. The van der Waals surface area contributed by atoms with Crippen molar-refractivity contribution in [2.75, 3.05) is 5.32 Å². The first-order valence-corrected chi connectivity index (χ1v) is 9.70. The molecule has 3 aromatic rings. The van der Waals surface area contributed by atoms with Gasteiger partial charge in [0.05, 0.1) is 27.5 Å². The lowest BCUT2D eigenvalue weighted by atomic mass is 10.2. The van der Waals surface area contributed by atoms with Gasteiger partial charge in [-0.2, -0.15) is 0 Å². The number of fused-ring (bicyclic) bond motifs is 1. The number of aromatic amines is 1. The summed E-state index contributed by atoms with van der Waals surface area (Å²) in [5, 5.41) is 2.56. The molecule has 142 valence electrons. The highest BCUT2D eigenvalue weighted by Gasteiger charge is 2.30. The summed E-state index contributed by atoms with van der Waals surface area (Å²) in [7, 11) is 0. The number of aromatic nitrogens is 2. The third-order valence-corrected chi connectivity index (χ3v) is 5.57. The summed E-state index contributed by atoms with van der Waals surface area (Å²) in [6, 6.07) is 11.5. The maximum absolute atomic E-state index is 13.2. The number of halogens is 2. The molecule has 1 aliphatic rings. The normalized spacial score (nSPS) is 16.4. The van der Waals surface area contributed by atoms with E-state index in [0.29, 0.717) is 23.0 Å². The molecule has 4 rings (SSSR count). The minimum absolute atomic E-state index is 0.0361. The Morgan fingerprint density at radius 1 is 1.29 bits per heavy atom. The summed E-state index contributed by atoms with van der Waals surface area (Å²) in [5.41, 5.74) is 2.14. The van der Waals surface area contributed by atoms with Crippen molar-refractivity contribution in [2.45, 2.75) is 18.1 Å². The number of nitrogens with zero attached hydrogens (tertiary/aromatic N) is 2. The lowest BCUT2D eigenvalue weighted by Gasteiger charge is -2.08. The van der Waals surface area contributed by atoms with Gasteiger partial charge >= 0.3 is 0 Å². The smallest absolute Gasteiger partial charge is 0.260 e. The van der Waals surface area contributed by atoms with Crippen molar-refractivity contribution in [3.63, 3.8) is 0 Å². The number of nitrogens with one attached hydrogen (secondary N) is 2. The number of carbonyl (C=O) groups excluding carboxylic acids is 2. The minimum atomic E-state index is -0.588. The number of thioether (sulfide) groups is 1. The zero-order valence-corrected chi connectivity index (χ0v) is 16.0. The average molecular weight is 417 g/mol. The number of imidazole rings is 1. The highest BCUT2D eigenvalue weighted by atomic mass is 35.5. The molecule has 28 heavy (non-hydrogen) atoms. The van der Waals surface area contributed by atoms with Crippen LogP contribution in [0.3, 0.4) is 0 Å². The first-order valence-electron chi connectivity index (χ1n) is 8.44. The van der Waals surface area contributed by atoms with Crippen molar-refractivity contribution >= 4 is 56.9 Å². The van der Waals surface area contributed by atoms with Gasteiger partial charge in [-0.05, 0) is 30.3 Å². The van der Waals surface area contributed by atoms with Crippen molar-refractivity contribution < 1.29 is 14.0 Å². The molecule has 0 radical (unpaired) electrons. The van der Waals surface area contributed by atoms with E-state index in [1.54, 1.807) is 0 Å². The highest BCUT2D eigenvalue weighted by Crippen LogP contribution is 2.28. The van der Waals surface area contributed by atoms with Crippen LogP contribution in [0.1, 0.15) is 12.2 Å². The first-order chi connectivity index (χ1) is 13.5. The fraction of sp³-hybridized carbons (Fsp3) is 0.158. The van der Waals surface area contributed by atoms with Crippen molar-refractivity contribution in [1.82, 2.24) is 9.97 Å². The van der Waals surface area contributed by atoms with E-state index in [0.717, 1.165) is 11.0 Å². The number of amides is 2. The molecule has 1 aromatic heterocycles. The monoisotopic (exact) mass is 416 g/mol. The second-order valence-electron chi connectivity index (χ2n) is 6.21. The molecule has 0 unspecified atom stereocenters. The molecular formula is C19H14ClFN4O2S. The molecule has 0 fully saturated rings. The Morgan fingerprint density at radius 2 is 2.11 bits per heavy atom. The zero-order valence-electron chi connectivity index (χ0n) is 14.4. The Hall–Kier alpha value is -2.71. The fourth-order valence-corrected chi connectivity index (χ4v) is 4.09. The Kier molecular flexibility index (Phi) is 5.15. The SMILES string of the molecule is O=C(C[C@@H]1SC(Cc2nc3ccccc3[nH]2)=NC1=O)Nc1ccc(F)c(Cl)c1. The van der Waals surface area contributed by atoms with E-state index in [1.807, 2.05) is 24.3 Å². The predicted molar refractivity (Wildman–Crippen MR) is 108 cm³/mol. The van der Waals surface area contributed by atoms with E-state index < -0.39 is 11.1 Å². The Labute approximate surface area is 168 Å². The lowest BCUT2D eigenvalue weighted by Crippen LogP contribution is -2.21. The second kappa shape index (κ2) is 7.73. The van der Waals surface area contributed by atoms with Crippen LogP contribution >= 0.6 is 23.4 Å². The number of H-pyrrole nitrogens is 1. The Bertz CT molecular complexity index is 1080. The molecule has 0 saturated carbocycles. The van der Waals surface area contributed by atoms with Crippen molar-refractivity contribution in [1.29, 1.82) is 0 Å². The van der Waals surface area contributed by atoms with Gasteiger partial charge in [0.2, 0.25) is 5.91 Å². The summed E-state index contributed by atoms with van der Waals surface area (Å²) in [6.07, 6.45) is 0.363. The number of hydrogen-bond acceptors (Lipinski definition) is 4. The van der Waals surface area contributed by atoms with Crippen LogP contribution in [-0.2, 0) is 16.0 Å². The number of benzene rings is 2. The van der Waals surface area contributed by atoms with Gasteiger partial charge in [0.1, 0.15) is 16.9 Å². The molecule has 9 heteroatoms. The van der Waals surface area contributed by atoms with Crippen molar-refractivity contribution in [2.24, 2.45) is 4.99 Å². The van der Waals surface area contributed by atoms with E-state index in [-0.39, 0.29) is 23.3 Å². The molecule has 0 saturated heterocycles. The van der Waals surface area contributed by atoms with Gasteiger partial charge in [0.25, 0.3) is 5.91 Å². The van der Waals surface area contributed by atoms with Gasteiger partial charge < -0.3 is 10.3 Å². The molecule has 2 heterocycles. The minimum Gasteiger partial charge on any atom is -0.342 e. The number of hydrogen-bond donors (Lipinski definition) is 2. The van der Waals surface area contributed by atoms with Gasteiger partial charge in [-0.3, -0.25) is 9.59 Å². The summed E-state index contributed by atoms with van der Waals surface area (Å²) in [5.74, 6) is -0.562. The molecule has 0 bridgehead atoms. The van der Waals surface area contributed by atoms with Crippen LogP contribution in [-0.4, -0.2) is 32.1 Å². The van der Waals surface area contributed by atoms with Gasteiger partial charge in [0.15, 0.2) is 0 Å². The van der Waals surface area contributed by atoms with Crippen LogP contribution in [0.2, 0.25) is 5.02 Å². The number of rotatable bonds is 5. The first kappa shape index (κ1) is 18.6. The summed E-state index contributed by atoms with van der Waals surface area (Å²) >= 11 is 6.97. The molecular weight excluding hydrogens is 403 g/mol. The van der Waals surface area contributed by atoms with Gasteiger partial charge in [0, 0.05) is 12.1 Å². The molecule has 2 aromatic carbocycles. The number of carbonyl (C=O) groups is 2. The Balaban J connectivity index is 1.36. The van der Waals surface area contributed by atoms with Crippen molar-refractivity contribution in [3.05, 3.63) is 59.1 Å². The fourth-order valence-electron chi connectivity index (χ4n) is 2.83. The van der Waals surface area contributed by atoms with Crippen LogP contribution in [0.25, 0.3) is 11.0 Å². The maximum Gasteiger partial charge on any atom is 0.260 e. The van der Waals surface area contributed by atoms with E-state index in [2.05, 4.69) is 20.3 Å². The summed E-state index contributed by atoms with van der Waals surface area (Å²) < 4.78 is 13.2.